The summed E-state index contributed by atoms with van der Waals surface area (Å²) in [6.45, 7) is 3.72. The molecule has 0 radical (unpaired) electrons. The van der Waals surface area contributed by atoms with Crippen molar-refractivity contribution in [2.24, 2.45) is 0 Å². The van der Waals surface area contributed by atoms with Crippen LogP contribution in [-0.2, 0) is 6.54 Å². The lowest BCUT2D eigenvalue weighted by Gasteiger charge is -2.36. The topological polar surface area (TPSA) is 79.7 Å². The first-order chi connectivity index (χ1) is 12.2. The van der Waals surface area contributed by atoms with E-state index >= 15 is 0 Å². The molecule has 4 rings (SSSR count). The number of nitrogens with zero attached hydrogens (tertiary/aromatic N) is 5. The fourth-order valence-corrected chi connectivity index (χ4v) is 3.64. The van der Waals surface area contributed by atoms with Crippen molar-refractivity contribution < 1.29 is 4.79 Å². The van der Waals surface area contributed by atoms with Crippen LogP contribution < -0.4 is 0 Å². The van der Waals surface area contributed by atoms with Gasteiger partial charge < -0.3 is 9.47 Å². The van der Waals surface area contributed by atoms with Crippen molar-refractivity contribution in [2.45, 2.75) is 45.2 Å². The number of imidazole rings is 1. The van der Waals surface area contributed by atoms with Crippen molar-refractivity contribution in [1.29, 1.82) is 0 Å². The minimum atomic E-state index is 0.0944. The van der Waals surface area contributed by atoms with Crippen LogP contribution in [0.15, 0.2) is 30.6 Å². The number of fused-ring (bicyclic) bond motifs is 1. The zero-order valence-electron chi connectivity index (χ0n) is 14.4. The minimum Gasteiger partial charge on any atom is -0.336 e. The highest BCUT2D eigenvalue weighted by Gasteiger charge is 2.27. The van der Waals surface area contributed by atoms with Crippen LogP contribution in [0.3, 0.4) is 0 Å². The number of carbonyl (C=O) groups excluding carboxylic acids is 1. The molecule has 0 unspecified atom stereocenters. The Bertz CT molecular complexity index is 882. The standard InChI is InChI=1S/C18H22N6O/c1-13-19-8-11-23(13)10-7-15-4-2-3-9-24(15)18(25)14-5-6-16-17(12-14)21-22-20-16/h5-6,8,11-12,15H,2-4,7,9-10H2,1H3,(H,20,21,22)/t15-/m1/s1. The van der Waals surface area contributed by atoms with Crippen LogP contribution >= 0.6 is 0 Å². The molecule has 1 atom stereocenters. The smallest absolute Gasteiger partial charge is 0.254 e. The molecule has 3 heterocycles. The maximum Gasteiger partial charge on any atom is 0.254 e. The summed E-state index contributed by atoms with van der Waals surface area (Å²) >= 11 is 0. The van der Waals surface area contributed by atoms with Crippen molar-refractivity contribution >= 4 is 16.9 Å². The van der Waals surface area contributed by atoms with E-state index < -0.39 is 0 Å². The number of aromatic amines is 1. The average molecular weight is 338 g/mol. The Balaban J connectivity index is 1.51. The van der Waals surface area contributed by atoms with Gasteiger partial charge in [0.2, 0.25) is 0 Å². The van der Waals surface area contributed by atoms with Gasteiger partial charge in [0.1, 0.15) is 16.9 Å². The van der Waals surface area contributed by atoms with Gasteiger partial charge >= 0.3 is 0 Å². The number of piperidine rings is 1. The first kappa shape index (κ1) is 15.8. The zero-order valence-corrected chi connectivity index (χ0v) is 14.4. The van der Waals surface area contributed by atoms with Crippen LogP contribution in [0.1, 0.15) is 41.9 Å². The normalized spacial score (nSPS) is 18.0. The molecule has 0 saturated carbocycles. The molecule has 0 aliphatic carbocycles. The fourth-order valence-electron chi connectivity index (χ4n) is 3.64. The van der Waals surface area contributed by atoms with E-state index in [2.05, 4.69) is 25.0 Å². The Kier molecular flexibility index (Phi) is 4.21. The number of rotatable bonds is 4. The fraction of sp³-hybridized carbons (Fsp3) is 0.444. The highest BCUT2D eigenvalue weighted by atomic mass is 16.2. The molecular formula is C18H22N6O. The quantitative estimate of drug-likeness (QED) is 0.793. The van der Waals surface area contributed by atoms with Gasteiger partial charge in [-0.1, -0.05) is 0 Å². The molecular weight excluding hydrogens is 316 g/mol. The summed E-state index contributed by atoms with van der Waals surface area (Å²) in [5.74, 6) is 1.11. The van der Waals surface area contributed by atoms with E-state index in [1.54, 1.807) is 0 Å². The molecule has 1 saturated heterocycles. The highest BCUT2D eigenvalue weighted by molar-refractivity contribution is 5.97. The molecule has 1 aliphatic heterocycles. The van der Waals surface area contributed by atoms with Crippen LogP contribution in [-0.4, -0.2) is 48.4 Å². The number of carbonyl (C=O) groups is 1. The Hall–Kier alpha value is -2.70. The molecule has 1 fully saturated rings. The molecule has 0 bridgehead atoms. The van der Waals surface area contributed by atoms with Gasteiger partial charge in [0.25, 0.3) is 5.91 Å². The largest absolute Gasteiger partial charge is 0.336 e. The summed E-state index contributed by atoms with van der Waals surface area (Å²) in [5.41, 5.74) is 2.20. The summed E-state index contributed by atoms with van der Waals surface area (Å²) in [4.78, 5) is 19.4. The maximum absolute atomic E-state index is 13.1. The number of likely N-dealkylation sites (tertiary alicyclic amines) is 1. The lowest BCUT2D eigenvalue weighted by molar-refractivity contribution is 0.0595. The number of hydrogen-bond acceptors (Lipinski definition) is 4. The minimum absolute atomic E-state index is 0.0944. The van der Waals surface area contributed by atoms with Crippen molar-refractivity contribution in [2.75, 3.05) is 6.54 Å². The van der Waals surface area contributed by atoms with E-state index in [1.807, 2.05) is 42.4 Å². The Labute approximate surface area is 146 Å². The Morgan fingerprint density at radius 2 is 2.16 bits per heavy atom. The summed E-state index contributed by atoms with van der Waals surface area (Å²) in [6, 6.07) is 5.79. The summed E-state index contributed by atoms with van der Waals surface area (Å²) in [7, 11) is 0. The zero-order chi connectivity index (χ0) is 17.2. The molecule has 1 N–H and O–H groups in total. The van der Waals surface area contributed by atoms with Crippen molar-refractivity contribution in [3.8, 4) is 0 Å². The number of hydrogen-bond donors (Lipinski definition) is 1. The van der Waals surface area contributed by atoms with Gasteiger partial charge in [-0.2, -0.15) is 15.4 Å². The molecule has 2 aromatic heterocycles. The highest BCUT2D eigenvalue weighted by Crippen LogP contribution is 2.23. The van der Waals surface area contributed by atoms with Crippen LogP contribution in [0.4, 0.5) is 0 Å². The van der Waals surface area contributed by atoms with E-state index in [1.165, 1.54) is 6.42 Å². The molecule has 3 aromatic rings. The SMILES string of the molecule is Cc1nccn1CC[C@H]1CCCCN1C(=O)c1ccc2n[nH]nc2c1. The molecule has 0 spiro atoms. The van der Waals surface area contributed by atoms with E-state index in [9.17, 15) is 4.79 Å². The van der Waals surface area contributed by atoms with E-state index in [4.69, 9.17) is 0 Å². The first-order valence-electron chi connectivity index (χ1n) is 8.81. The molecule has 1 aliphatic rings. The third kappa shape index (κ3) is 3.14. The monoisotopic (exact) mass is 338 g/mol. The number of aryl methyl sites for hydroxylation is 2. The van der Waals surface area contributed by atoms with Gasteiger partial charge in [0.05, 0.1) is 0 Å². The third-order valence-corrected chi connectivity index (χ3v) is 5.08. The molecule has 1 aromatic carbocycles. The Morgan fingerprint density at radius 3 is 3.00 bits per heavy atom. The van der Waals surface area contributed by atoms with E-state index in [0.29, 0.717) is 5.56 Å². The van der Waals surface area contributed by atoms with Gasteiger partial charge in [-0.25, -0.2) is 4.98 Å². The second-order valence-corrected chi connectivity index (χ2v) is 6.63. The maximum atomic E-state index is 13.1. The molecule has 7 nitrogen and oxygen atoms in total. The van der Waals surface area contributed by atoms with Crippen LogP contribution in [0.25, 0.3) is 11.0 Å². The number of amides is 1. The van der Waals surface area contributed by atoms with Gasteiger partial charge in [-0.15, -0.1) is 0 Å². The molecule has 7 heteroatoms. The predicted octanol–water partition coefficient (Wildman–Crippen LogP) is 2.55. The lowest BCUT2D eigenvalue weighted by atomic mass is 9.98. The van der Waals surface area contributed by atoms with Gasteiger partial charge in [-0.05, 0) is 50.8 Å². The summed E-state index contributed by atoms with van der Waals surface area (Å²) in [5, 5.41) is 10.7. The lowest BCUT2D eigenvalue weighted by Crippen LogP contribution is -2.44. The average Bonchev–Trinajstić information content (AvgIpc) is 3.27. The number of H-pyrrole nitrogens is 1. The second-order valence-electron chi connectivity index (χ2n) is 6.63. The first-order valence-corrected chi connectivity index (χ1v) is 8.81. The van der Waals surface area contributed by atoms with Crippen LogP contribution in [0, 0.1) is 6.92 Å². The van der Waals surface area contributed by atoms with Crippen LogP contribution in [0.5, 0.6) is 0 Å². The van der Waals surface area contributed by atoms with Crippen LogP contribution in [0.2, 0.25) is 0 Å². The number of nitrogens with one attached hydrogen (secondary N) is 1. The van der Waals surface area contributed by atoms with Crippen molar-refractivity contribution in [3.05, 3.63) is 42.0 Å². The van der Waals surface area contributed by atoms with Crippen molar-refractivity contribution in [3.63, 3.8) is 0 Å². The summed E-state index contributed by atoms with van der Waals surface area (Å²) < 4.78 is 2.15. The molecule has 25 heavy (non-hydrogen) atoms. The Morgan fingerprint density at radius 1 is 1.28 bits per heavy atom. The molecule has 1 amide bonds. The number of aromatic nitrogens is 5. The van der Waals surface area contributed by atoms with Crippen molar-refractivity contribution in [1.82, 2.24) is 29.9 Å². The second kappa shape index (κ2) is 6.66. The van der Waals surface area contributed by atoms with E-state index in [-0.39, 0.29) is 11.9 Å². The van der Waals surface area contributed by atoms with Gasteiger partial charge in [0.15, 0.2) is 0 Å². The number of benzene rings is 1. The molecule has 130 valence electrons. The predicted molar refractivity (Wildman–Crippen MR) is 94.1 cm³/mol. The third-order valence-electron chi connectivity index (χ3n) is 5.08. The van der Waals surface area contributed by atoms with Gasteiger partial charge in [-0.3, -0.25) is 4.79 Å². The van der Waals surface area contributed by atoms with Gasteiger partial charge in [0, 0.05) is 37.1 Å². The van der Waals surface area contributed by atoms with E-state index in [0.717, 1.165) is 49.2 Å². The summed E-state index contributed by atoms with van der Waals surface area (Å²) in [6.07, 6.45) is 8.09.